The fourth-order valence-electron chi connectivity index (χ4n) is 2.98. The summed E-state index contributed by atoms with van der Waals surface area (Å²) >= 11 is 4.63. The lowest BCUT2D eigenvalue weighted by Gasteiger charge is -2.10. The first kappa shape index (κ1) is 25.1. The summed E-state index contributed by atoms with van der Waals surface area (Å²) in [4.78, 5) is 20.5. The number of amides is 1. The Bertz CT molecular complexity index is 1190. The molecular weight excluding hydrogens is 504 g/mol. The molecule has 0 spiro atoms. The van der Waals surface area contributed by atoms with Crippen LogP contribution in [0.3, 0.4) is 0 Å². The summed E-state index contributed by atoms with van der Waals surface area (Å²) in [5.41, 5.74) is 1.52. The highest BCUT2D eigenvalue weighted by molar-refractivity contribution is 7.99. The number of anilines is 2. The van der Waals surface area contributed by atoms with E-state index in [2.05, 4.69) is 41.0 Å². The largest absolute Gasteiger partial charge is 0.373 e. The number of aliphatic hydroxyl groups is 1. The molecule has 0 radical (unpaired) electrons. The number of carbonyl (C=O) groups is 1. The highest BCUT2D eigenvalue weighted by Gasteiger charge is 2.11. The van der Waals surface area contributed by atoms with Crippen molar-refractivity contribution in [3.05, 3.63) is 70.2 Å². The fourth-order valence-corrected chi connectivity index (χ4v) is 5.66. The summed E-state index contributed by atoms with van der Waals surface area (Å²) in [5.74, 6) is 1.64. The minimum Gasteiger partial charge on any atom is -0.373 e. The van der Waals surface area contributed by atoms with Crippen LogP contribution in [0, 0.1) is 0 Å². The number of aliphatic hydroxyl groups excluding tert-OH is 1. The van der Waals surface area contributed by atoms with Crippen LogP contribution in [0.1, 0.15) is 21.4 Å². The van der Waals surface area contributed by atoms with Crippen LogP contribution in [0.25, 0.3) is 0 Å². The van der Waals surface area contributed by atoms with Crippen molar-refractivity contribution in [1.29, 1.82) is 0 Å². The molecule has 0 saturated heterocycles. The van der Waals surface area contributed by atoms with Gasteiger partial charge >= 0.3 is 0 Å². The van der Waals surface area contributed by atoms with Gasteiger partial charge < -0.3 is 15.7 Å². The van der Waals surface area contributed by atoms with E-state index < -0.39 is 6.23 Å². The monoisotopic (exact) mass is 528 g/mol. The molecule has 4 aromatic rings. The third-order valence-electron chi connectivity index (χ3n) is 4.59. The Hall–Kier alpha value is -3.00. The van der Waals surface area contributed by atoms with E-state index in [1.165, 1.54) is 22.7 Å². The molecule has 3 N–H and O–H groups in total. The molecule has 0 aliphatic heterocycles. The Morgan fingerprint density at radius 2 is 1.51 bits per heavy atom. The molecule has 0 aliphatic carbocycles. The van der Waals surface area contributed by atoms with Gasteiger partial charge in [0.2, 0.25) is 16.2 Å². The normalized spacial score (nSPS) is 11.8. The standard InChI is InChI=1S/C22H24N8O2S3/c31-17(13-15-5-1-3-9-23-15)25-21-29-27-19(34-21)7-11-33-12-8-20-28-30-22(35-20)26-18(32)14-16-6-2-4-10-24-16/h1-6,9-10,17,31H,7-8,11-14H2,(H,25,29)(H,26,30,32). The number of hydrogen-bond donors (Lipinski definition) is 3. The van der Waals surface area contributed by atoms with Crippen molar-refractivity contribution < 1.29 is 9.90 Å². The molecule has 4 aromatic heterocycles. The fraction of sp³-hybridized carbons (Fsp3) is 0.318. The van der Waals surface area contributed by atoms with Crippen LogP contribution in [0.4, 0.5) is 10.3 Å². The molecule has 10 nitrogen and oxygen atoms in total. The topological polar surface area (TPSA) is 139 Å². The zero-order valence-electron chi connectivity index (χ0n) is 18.7. The van der Waals surface area contributed by atoms with Gasteiger partial charge in [0.1, 0.15) is 16.2 Å². The number of hydrogen-bond acceptors (Lipinski definition) is 12. The molecule has 35 heavy (non-hydrogen) atoms. The van der Waals surface area contributed by atoms with Gasteiger partial charge in [-0.15, -0.1) is 20.4 Å². The highest BCUT2D eigenvalue weighted by Crippen LogP contribution is 2.20. The van der Waals surface area contributed by atoms with Crippen molar-refractivity contribution in [2.24, 2.45) is 0 Å². The molecule has 0 aliphatic rings. The number of pyridine rings is 2. The molecule has 4 heterocycles. The first-order valence-corrected chi connectivity index (χ1v) is 13.7. The van der Waals surface area contributed by atoms with Crippen LogP contribution in [0.5, 0.6) is 0 Å². The molecule has 1 unspecified atom stereocenters. The third kappa shape index (κ3) is 8.62. The van der Waals surface area contributed by atoms with Crippen LogP contribution in [0.15, 0.2) is 48.8 Å². The molecule has 1 amide bonds. The van der Waals surface area contributed by atoms with Crippen molar-refractivity contribution in [2.75, 3.05) is 22.1 Å². The number of aryl methyl sites for hydroxylation is 2. The predicted molar refractivity (Wildman–Crippen MR) is 139 cm³/mol. The van der Waals surface area contributed by atoms with Gasteiger partial charge in [-0.2, -0.15) is 11.8 Å². The first-order chi connectivity index (χ1) is 17.1. The van der Waals surface area contributed by atoms with Gasteiger partial charge in [0.15, 0.2) is 0 Å². The molecule has 13 heteroatoms. The summed E-state index contributed by atoms with van der Waals surface area (Å²) in [7, 11) is 0. The molecule has 0 fully saturated rings. The summed E-state index contributed by atoms with van der Waals surface area (Å²) in [6, 6.07) is 11.1. The van der Waals surface area contributed by atoms with Gasteiger partial charge in [-0.05, 0) is 35.8 Å². The maximum atomic E-state index is 12.1. The van der Waals surface area contributed by atoms with E-state index in [0.717, 1.165) is 40.1 Å². The Labute approximate surface area is 214 Å². The van der Waals surface area contributed by atoms with Crippen LogP contribution >= 0.6 is 34.4 Å². The molecule has 0 saturated carbocycles. The summed E-state index contributed by atoms with van der Waals surface area (Å²) in [6.45, 7) is 0. The summed E-state index contributed by atoms with van der Waals surface area (Å²) in [5, 5.41) is 35.4. The average Bonchev–Trinajstić information content (AvgIpc) is 3.49. The maximum absolute atomic E-state index is 12.1. The second-order valence-corrected chi connectivity index (χ2v) is 10.7. The average molecular weight is 529 g/mol. The Morgan fingerprint density at radius 1 is 0.886 bits per heavy atom. The zero-order chi connectivity index (χ0) is 24.3. The number of thioether (sulfide) groups is 1. The number of nitrogens with zero attached hydrogens (tertiary/aromatic N) is 6. The van der Waals surface area contributed by atoms with Crippen LogP contribution in [0.2, 0.25) is 0 Å². The summed E-state index contributed by atoms with van der Waals surface area (Å²) < 4.78 is 0. The molecular formula is C22H24N8O2S3. The number of aromatic nitrogens is 6. The lowest BCUT2D eigenvalue weighted by Crippen LogP contribution is -2.21. The molecule has 182 valence electrons. The quantitative estimate of drug-likeness (QED) is 0.175. The minimum atomic E-state index is -0.767. The van der Waals surface area contributed by atoms with Gasteiger partial charge in [-0.3, -0.25) is 14.8 Å². The highest BCUT2D eigenvalue weighted by atomic mass is 32.2. The van der Waals surface area contributed by atoms with Crippen LogP contribution in [-0.4, -0.2) is 59.1 Å². The number of carbonyl (C=O) groups excluding carboxylic acids is 1. The second-order valence-electron chi connectivity index (χ2n) is 7.35. The zero-order valence-corrected chi connectivity index (χ0v) is 21.2. The van der Waals surface area contributed by atoms with Gasteiger partial charge in [0.25, 0.3) is 0 Å². The van der Waals surface area contributed by atoms with Crippen LogP contribution in [-0.2, 0) is 30.5 Å². The van der Waals surface area contributed by atoms with E-state index >= 15 is 0 Å². The van der Waals surface area contributed by atoms with Crippen LogP contribution < -0.4 is 10.6 Å². The SMILES string of the molecule is O=C(Cc1ccccn1)Nc1nnc(CCSCCc2nnc(NC(O)Cc3ccccn3)s2)s1. The van der Waals surface area contributed by atoms with Gasteiger partial charge in [0.05, 0.1) is 6.42 Å². The van der Waals surface area contributed by atoms with E-state index in [1.807, 2.05) is 36.4 Å². The van der Waals surface area contributed by atoms with E-state index in [1.54, 1.807) is 24.2 Å². The van der Waals surface area contributed by atoms with E-state index in [-0.39, 0.29) is 12.3 Å². The summed E-state index contributed by atoms with van der Waals surface area (Å²) in [6.07, 6.45) is 4.78. The number of rotatable bonds is 13. The molecule has 0 aromatic carbocycles. The Kier molecular flexibility index (Phi) is 9.46. The smallest absolute Gasteiger partial charge is 0.232 e. The first-order valence-electron chi connectivity index (χ1n) is 10.9. The van der Waals surface area contributed by atoms with Crippen molar-refractivity contribution in [3.8, 4) is 0 Å². The lowest BCUT2D eigenvalue weighted by molar-refractivity contribution is -0.115. The van der Waals surface area contributed by atoms with Crippen molar-refractivity contribution in [1.82, 2.24) is 30.4 Å². The lowest BCUT2D eigenvalue weighted by atomic mass is 10.2. The molecule has 0 bridgehead atoms. The number of nitrogens with one attached hydrogen (secondary N) is 2. The van der Waals surface area contributed by atoms with E-state index in [9.17, 15) is 9.90 Å². The van der Waals surface area contributed by atoms with Crippen molar-refractivity contribution in [3.63, 3.8) is 0 Å². The minimum absolute atomic E-state index is 0.157. The van der Waals surface area contributed by atoms with E-state index in [0.29, 0.717) is 22.4 Å². The van der Waals surface area contributed by atoms with E-state index in [4.69, 9.17) is 0 Å². The maximum Gasteiger partial charge on any atom is 0.232 e. The molecule has 4 rings (SSSR count). The van der Waals surface area contributed by atoms with Crippen molar-refractivity contribution >= 4 is 50.6 Å². The molecule has 1 atom stereocenters. The third-order valence-corrected chi connectivity index (χ3v) is 7.39. The Morgan fingerprint density at radius 3 is 2.17 bits per heavy atom. The van der Waals surface area contributed by atoms with Gasteiger partial charge in [0, 0.05) is 43.0 Å². The van der Waals surface area contributed by atoms with Gasteiger partial charge in [-0.25, -0.2) is 0 Å². The van der Waals surface area contributed by atoms with Crippen molar-refractivity contribution in [2.45, 2.75) is 31.9 Å². The van der Waals surface area contributed by atoms with Gasteiger partial charge in [-0.1, -0.05) is 34.8 Å². The Balaban J connectivity index is 1.11. The predicted octanol–water partition coefficient (Wildman–Crippen LogP) is 2.85. The second kappa shape index (κ2) is 13.2.